The fourth-order valence-electron chi connectivity index (χ4n) is 6.21. The molecule has 236 valence electrons. The number of Topliss-reactive ketones (excluding diaryl/α,β-unsaturated/α-hetero) is 1. The number of ketones is 1. The molecule has 1 saturated heterocycles. The molecule has 10 heteroatoms. The maximum absolute atomic E-state index is 14.0. The van der Waals surface area contributed by atoms with E-state index < -0.39 is 40.6 Å². The van der Waals surface area contributed by atoms with Gasteiger partial charge in [-0.3, -0.25) is 14.4 Å². The second-order valence-corrected chi connectivity index (χ2v) is 12.1. The van der Waals surface area contributed by atoms with E-state index in [1.807, 2.05) is 0 Å². The third-order valence-electron chi connectivity index (χ3n) is 8.52. The van der Waals surface area contributed by atoms with Gasteiger partial charge in [0.15, 0.2) is 29.1 Å². The van der Waals surface area contributed by atoms with Crippen molar-refractivity contribution in [2.45, 2.75) is 45.1 Å². The van der Waals surface area contributed by atoms with Crippen LogP contribution < -0.4 is 10.6 Å². The van der Waals surface area contributed by atoms with E-state index in [1.54, 1.807) is 31.2 Å². The zero-order chi connectivity index (χ0) is 32.1. The monoisotopic (exact) mass is 621 g/mol. The molecular weight excluding hydrogens is 586 g/mol. The van der Waals surface area contributed by atoms with Crippen LogP contribution >= 0.6 is 0 Å². The third kappa shape index (κ3) is 7.86. The zero-order valence-corrected chi connectivity index (χ0v) is 25.0. The standard InChI is InChI=1S/C35H35F4N3O3/c1-35(20-23-5-11-29(37)31(39)18-23)21-27(19-26(32(35)43)16-22-4-10-28(36)30(38)17-22)41-34(45)25-8-6-24(7-9-25)33(44)40-12-15-42-13-2-3-14-42/h4-11,16-18,27H,2-3,12-15,19-21H2,1H3,(H,40,44)(H,41,45)/b26-16+. The lowest BCUT2D eigenvalue weighted by molar-refractivity contribution is -0.126. The number of carbonyl (C=O) groups excluding carboxylic acids is 3. The molecule has 45 heavy (non-hydrogen) atoms. The summed E-state index contributed by atoms with van der Waals surface area (Å²) in [6.45, 7) is 5.09. The van der Waals surface area contributed by atoms with Crippen molar-refractivity contribution in [3.63, 3.8) is 0 Å². The van der Waals surface area contributed by atoms with Gasteiger partial charge < -0.3 is 15.5 Å². The molecule has 3 aromatic rings. The molecule has 0 radical (unpaired) electrons. The summed E-state index contributed by atoms with van der Waals surface area (Å²) in [4.78, 5) is 41.9. The van der Waals surface area contributed by atoms with Crippen LogP contribution in [-0.2, 0) is 11.2 Å². The molecule has 2 N–H and O–H groups in total. The Morgan fingerprint density at radius 2 is 1.49 bits per heavy atom. The van der Waals surface area contributed by atoms with Gasteiger partial charge in [-0.1, -0.05) is 19.1 Å². The smallest absolute Gasteiger partial charge is 0.251 e. The van der Waals surface area contributed by atoms with Crippen molar-refractivity contribution in [3.05, 3.63) is 112 Å². The fourth-order valence-corrected chi connectivity index (χ4v) is 6.21. The van der Waals surface area contributed by atoms with Crippen LogP contribution in [0.4, 0.5) is 17.6 Å². The molecule has 3 aromatic carbocycles. The van der Waals surface area contributed by atoms with Crippen LogP contribution in [-0.4, -0.2) is 54.7 Å². The molecule has 1 aliphatic heterocycles. The van der Waals surface area contributed by atoms with Gasteiger partial charge in [-0.25, -0.2) is 17.6 Å². The molecular formula is C35H35F4N3O3. The molecule has 1 aliphatic carbocycles. The van der Waals surface area contributed by atoms with Crippen molar-refractivity contribution in [3.8, 4) is 0 Å². The van der Waals surface area contributed by atoms with Gasteiger partial charge in [-0.2, -0.15) is 0 Å². The van der Waals surface area contributed by atoms with E-state index in [1.165, 1.54) is 31.1 Å². The number of carbonyl (C=O) groups is 3. The summed E-state index contributed by atoms with van der Waals surface area (Å²) in [6.07, 6.45) is 4.19. The summed E-state index contributed by atoms with van der Waals surface area (Å²) in [5.74, 6) is -5.07. The molecule has 1 heterocycles. The molecule has 2 atom stereocenters. The highest BCUT2D eigenvalue weighted by molar-refractivity contribution is 6.05. The SMILES string of the molecule is CC1(Cc2ccc(F)c(F)c2)CC(NC(=O)c2ccc(C(=O)NCCN3CCCC3)cc2)C/C(=C\c2ccc(F)c(F)c2)C1=O. The molecule has 5 rings (SSSR count). The van der Waals surface area contributed by atoms with Crippen molar-refractivity contribution < 1.29 is 31.9 Å². The largest absolute Gasteiger partial charge is 0.351 e. The Kier molecular flexibility index (Phi) is 9.82. The lowest BCUT2D eigenvalue weighted by atomic mass is 9.67. The molecule has 0 aromatic heterocycles. The normalized spacial score (nSPS) is 21.2. The Morgan fingerprint density at radius 1 is 0.867 bits per heavy atom. The van der Waals surface area contributed by atoms with Crippen LogP contribution in [0.3, 0.4) is 0 Å². The lowest BCUT2D eigenvalue weighted by Crippen LogP contribution is -2.47. The number of amides is 2. The van der Waals surface area contributed by atoms with Crippen LogP contribution in [0.5, 0.6) is 0 Å². The van der Waals surface area contributed by atoms with Crippen molar-refractivity contribution in [1.82, 2.24) is 15.5 Å². The number of nitrogens with one attached hydrogen (secondary N) is 2. The maximum Gasteiger partial charge on any atom is 0.251 e. The van der Waals surface area contributed by atoms with Crippen LogP contribution in [0.2, 0.25) is 0 Å². The molecule has 0 bridgehead atoms. The number of likely N-dealkylation sites (tertiary alicyclic amines) is 1. The molecule has 2 fully saturated rings. The van der Waals surface area contributed by atoms with Gasteiger partial charge in [0, 0.05) is 35.7 Å². The quantitative estimate of drug-likeness (QED) is 0.232. The summed E-state index contributed by atoms with van der Waals surface area (Å²) >= 11 is 0. The highest BCUT2D eigenvalue weighted by atomic mass is 19.2. The van der Waals surface area contributed by atoms with E-state index in [9.17, 15) is 31.9 Å². The van der Waals surface area contributed by atoms with Gasteiger partial charge in [-0.05, 0) is 117 Å². The highest BCUT2D eigenvalue weighted by Gasteiger charge is 2.43. The second kappa shape index (κ2) is 13.8. The Hall–Kier alpha value is -4.31. The average Bonchev–Trinajstić information content (AvgIpc) is 3.53. The molecule has 2 unspecified atom stereocenters. The van der Waals surface area contributed by atoms with Gasteiger partial charge in [0.2, 0.25) is 0 Å². The van der Waals surface area contributed by atoms with Gasteiger partial charge in [-0.15, -0.1) is 0 Å². The van der Waals surface area contributed by atoms with Crippen molar-refractivity contribution in [2.24, 2.45) is 5.41 Å². The average molecular weight is 622 g/mol. The second-order valence-electron chi connectivity index (χ2n) is 12.1. The minimum Gasteiger partial charge on any atom is -0.351 e. The number of nitrogens with zero attached hydrogens (tertiary/aromatic N) is 1. The Morgan fingerprint density at radius 3 is 2.13 bits per heavy atom. The van der Waals surface area contributed by atoms with Crippen molar-refractivity contribution in [1.29, 1.82) is 0 Å². The first kappa shape index (κ1) is 32.1. The summed E-state index contributed by atoms with van der Waals surface area (Å²) < 4.78 is 55.1. The molecule has 1 saturated carbocycles. The van der Waals surface area contributed by atoms with E-state index in [2.05, 4.69) is 15.5 Å². The van der Waals surface area contributed by atoms with Gasteiger partial charge in [0.05, 0.1) is 0 Å². The Bertz CT molecular complexity index is 1620. The van der Waals surface area contributed by atoms with Crippen LogP contribution in [0, 0.1) is 28.7 Å². The Labute approximate surface area is 259 Å². The van der Waals surface area contributed by atoms with Crippen molar-refractivity contribution >= 4 is 23.7 Å². The first-order valence-corrected chi connectivity index (χ1v) is 15.1. The summed E-state index contributed by atoms with van der Waals surface area (Å²) in [5.41, 5.74) is 0.568. The number of hydrogen-bond acceptors (Lipinski definition) is 4. The van der Waals surface area contributed by atoms with Gasteiger partial charge in [0.1, 0.15) is 0 Å². The van der Waals surface area contributed by atoms with Gasteiger partial charge in [0.25, 0.3) is 11.8 Å². The van der Waals surface area contributed by atoms with E-state index >= 15 is 0 Å². The Balaban J connectivity index is 1.31. The van der Waals surface area contributed by atoms with E-state index in [0.717, 1.165) is 43.9 Å². The fraction of sp³-hybridized carbons (Fsp3) is 0.343. The maximum atomic E-state index is 14.0. The lowest BCUT2D eigenvalue weighted by Gasteiger charge is -2.38. The minimum absolute atomic E-state index is 0.0616. The van der Waals surface area contributed by atoms with Crippen LogP contribution in [0.15, 0.2) is 66.2 Å². The summed E-state index contributed by atoms with van der Waals surface area (Å²) in [7, 11) is 0. The molecule has 6 nitrogen and oxygen atoms in total. The van der Waals surface area contributed by atoms with E-state index in [0.29, 0.717) is 23.2 Å². The number of hydrogen-bond donors (Lipinski definition) is 2. The van der Waals surface area contributed by atoms with E-state index in [-0.39, 0.29) is 42.1 Å². The minimum atomic E-state index is -1.12. The number of benzene rings is 3. The number of halogens is 4. The predicted molar refractivity (Wildman–Crippen MR) is 162 cm³/mol. The molecule has 2 aliphatic rings. The van der Waals surface area contributed by atoms with E-state index in [4.69, 9.17) is 0 Å². The molecule has 0 spiro atoms. The third-order valence-corrected chi connectivity index (χ3v) is 8.52. The molecule has 2 amide bonds. The number of rotatable bonds is 9. The van der Waals surface area contributed by atoms with Crippen LogP contribution in [0.25, 0.3) is 6.08 Å². The van der Waals surface area contributed by atoms with Crippen molar-refractivity contribution in [2.75, 3.05) is 26.2 Å². The predicted octanol–water partition coefficient (Wildman–Crippen LogP) is 5.86. The highest BCUT2D eigenvalue weighted by Crippen LogP contribution is 2.40. The zero-order valence-electron chi connectivity index (χ0n) is 25.0. The summed E-state index contributed by atoms with van der Waals surface area (Å²) in [6, 6.07) is 12.4. The van der Waals surface area contributed by atoms with Crippen LogP contribution in [0.1, 0.15) is 64.4 Å². The topological polar surface area (TPSA) is 78.5 Å². The summed E-state index contributed by atoms with van der Waals surface area (Å²) in [5, 5.41) is 5.86. The van der Waals surface area contributed by atoms with Gasteiger partial charge >= 0.3 is 0 Å². The first-order valence-electron chi connectivity index (χ1n) is 15.1. The first-order chi connectivity index (χ1) is 21.5.